The predicted octanol–water partition coefficient (Wildman–Crippen LogP) is 7.63. The van der Waals surface area contributed by atoms with E-state index in [2.05, 4.69) is 23.0 Å². The van der Waals surface area contributed by atoms with Gasteiger partial charge in [0, 0.05) is 41.7 Å². The molecule has 58 heavy (non-hydrogen) atoms. The minimum atomic E-state index is -0.902. The standard InChI is InChI=1S/C46H60N4O8/c1-32-17-6-9-23-39(45(2,3)37(51)21-12-14-27-47)57-43(53)35-30-56-42(50-35)26-11-8-19-33-29-34(33)20-16-24-40(46(4,5)38(52)22-13-15-28-48)58-44(54)36-31-55-41(49-36)25-10-7-18-32/h6-13,16,18-22,25-26,29-32,34,37-40,51-52H,14-15,17,23-24,27-28,47-48H2,1-5H3/b9-6-,18-7+,19-8+,20-16-,21-12+,22-13+,25-10-,26-11-/t32-,34-,37-,38-,39-,40-/m0/s1. The van der Waals surface area contributed by atoms with E-state index in [0.29, 0.717) is 45.2 Å². The molecule has 6 N–H and O–H groups in total. The zero-order chi connectivity index (χ0) is 42.1. The monoisotopic (exact) mass is 796 g/mol. The topological polar surface area (TPSA) is 197 Å². The highest BCUT2D eigenvalue weighted by Gasteiger charge is 2.39. The molecule has 6 atom stereocenters. The van der Waals surface area contributed by atoms with Crippen molar-refractivity contribution in [1.29, 1.82) is 0 Å². The number of aromatic nitrogens is 2. The molecule has 2 aromatic heterocycles. The Bertz CT molecular complexity index is 1920. The summed E-state index contributed by atoms with van der Waals surface area (Å²) in [6, 6.07) is 0. The zero-order valence-electron chi connectivity index (χ0n) is 34.3. The quantitative estimate of drug-likeness (QED) is 0.136. The number of rotatable bonds is 10. The number of ether oxygens (including phenoxy) is 2. The highest BCUT2D eigenvalue weighted by atomic mass is 16.6. The van der Waals surface area contributed by atoms with Gasteiger partial charge in [-0.2, -0.15) is 0 Å². The predicted molar refractivity (Wildman–Crippen MR) is 226 cm³/mol. The second kappa shape index (κ2) is 22.1. The highest BCUT2D eigenvalue weighted by Crippen LogP contribution is 2.35. The molecular formula is C46H60N4O8. The summed E-state index contributed by atoms with van der Waals surface area (Å²) >= 11 is 0. The molecule has 12 heteroatoms. The van der Waals surface area contributed by atoms with Crippen molar-refractivity contribution < 1.29 is 38.1 Å². The van der Waals surface area contributed by atoms with Crippen molar-refractivity contribution in [2.75, 3.05) is 13.1 Å². The van der Waals surface area contributed by atoms with Crippen molar-refractivity contribution in [3.8, 4) is 0 Å². The van der Waals surface area contributed by atoms with E-state index in [1.54, 1.807) is 36.5 Å². The molecule has 312 valence electrons. The molecule has 0 saturated carbocycles. The molecule has 0 saturated heterocycles. The van der Waals surface area contributed by atoms with Gasteiger partial charge in [0.15, 0.2) is 11.4 Å². The van der Waals surface area contributed by atoms with Crippen molar-refractivity contribution in [2.45, 2.75) is 91.1 Å². The van der Waals surface area contributed by atoms with Crippen LogP contribution in [0.3, 0.4) is 0 Å². The number of nitrogens with two attached hydrogens (primary N) is 2. The molecule has 0 spiro atoms. The lowest BCUT2D eigenvalue weighted by molar-refractivity contribution is -0.0462. The number of cyclic esters (lactones) is 2. The molecule has 0 unspecified atom stereocenters. The molecule has 4 rings (SSSR count). The van der Waals surface area contributed by atoms with E-state index in [1.165, 1.54) is 12.5 Å². The van der Waals surface area contributed by atoms with Crippen LogP contribution < -0.4 is 11.5 Å². The van der Waals surface area contributed by atoms with Gasteiger partial charge in [-0.25, -0.2) is 19.6 Å². The summed E-state index contributed by atoms with van der Waals surface area (Å²) in [5.74, 6) is -0.571. The lowest BCUT2D eigenvalue weighted by Crippen LogP contribution is -2.42. The Morgan fingerprint density at radius 3 is 1.74 bits per heavy atom. The van der Waals surface area contributed by atoms with Gasteiger partial charge >= 0.3 is 11.9 Å². The van der Waals surface area contributed by atoms with Gasteiger partial charge in [0.1, 0.15) is 24.7 Å². The number of carbonyl (C=O) groups excluding carboxylic acids is 2. The lowest BCUT2D eigenvalue weighted by atomic mass is 9.78. The number of aliphatic hydroxyl groups excluding tert-OH is 2. The van der Waals surface area contributed by atoms with Crippen molar-refractivity contribution >= 4 is 24.1 Å². The van der Waals surface area contributed by atoms with Crippen LogP contribution in [0.2, 0.25) is 0 Å². The fourth-order valence-corrected chi connectivity index (χ4v) is 5.97. The fraction of sp³-hybridized carbons (Fsp3) is 0.435. The molecule has 3 heterocycles. The number of carbonyl (C=O) groups is 2. The molecule has 4 bridgehead atoms. The Morgan fingerprint density at radius 1 is 0.724 bits per heavy atom. The Labute approximate surface area is 342 Å². The van der Waals surface area contributed by atoms with Gasteiger partial charge in [-0.15, -0.1) is 0 Å². The summed E-state index contributed by atoms with van der Waals surface area (Å²) in [5, 5.41) is 22.2. The van der Waals surface area contributed by atoms with Crippen LogP contribution in [0.25, 0.3) is 12.2 Å². The molecule has 0 radical (unpaired) electrons. The third kappa shape index (κ3) is 13.8. The number of oxazole rings is 2. The molecule has 2 aliphatic rings. The van der Waals surface area contributed by atoms with Gasteiger partial charge in [0.05, 0.1) is 12.2 Å². The number of aliphatic hydroxyl groups is 2. The van der Waals surface area contributed by atoms with Crippen LogP contribution in [0.4, 0.5) is 0 Å². The normalized spacial score (nSPS) is 26.1. The summed E-state index contributed by atoms with van der Waals surface area (Å²) in [5.41, 5.74) is 10.7. The van der Waals surface area contributed by atoms with Crippen LogP contribution in [-0.4, -0.2) is 69.6 Å². The van der Waals surface area contributed by atoms with Crippen LogP contribution in [0.1, 0.15) is 99.5 Å². The van der Waals surface area contributed by atoms with Gasteiger partial charge in [-0.05, 0) is 43.8 Å². The molecule has 1 aliphatic heterocycles. The van der Waals surface area contributed by atoms with Gasteiger partial charge in [0.2, 0.25) is 11.8 Å². The van der Waals surface area contributed by atoms with Gasteiger partial charge in [0.25, 0.3) is 0 Å². The van der Waals surface area contributed by atoms with E-state index >= 15 is 0 Å². The zero-order valence-corrected chi connectivity index (χ0v) is 34.3. The molecule has 0 aromatic carbocycles. The second-order valence-electron chi connectivity index (χ2n) is 15.7. The van der Waals surface area contributed by atoms with Crippen LogP contribution in [0.15, 0.2) is 118 Å². The largest absolute Gasteiger partial charge is 0.457 e. The fourth-order valence-electron chi connectivity index (χ4n) is 5.97. The first kappa shape index (κ1) is 45.6. The van der Waals surface area contributed by atoms with Crippen molar-refractivity contribution in [3.05, 3.63) is 132 Å². The van der Waals surface area contributed by atoms with Crippen molar-refractivity contribution in [2.24, 2.45) is 34.1 Å². The first-order valence-corrected chi connectivity index (χ1v) is 19.9. The van der Waals surface area contributed by atoms with Crippen LogP contribution in [-0.2, 0) is 9.47 Å². The Kier molecular flexibility index (Phi) is 17.4. The van der Waals surface area contributed by atoms with E-state index in [0.717, 1.165) is 5.57 Å². The Hall–Kier alpha value is -5.14. The first-order valence-electron chi connectivity index (χ1n) is 19.9. The minimum absolute atomic E-state index is 0.0235. The number of allylic oxidation sites excluding steroid dienone is 10. The van der Waals surface area contributed by atoms with E-state index in [-0.39, 0.29) is 35.0 Å². The molecule has 0 amide bonds. The molecule has 2 aromatic rings. The number of nitrogens with zero attached hydrogens (tertiary/aromatic N) is 2. The maximum atomic E-state index is 13.3. The maximum absolute atomic E-state index is 13.3. The van der Waals surface area contributed by atoms with Gasteiger partial charge < -0.3 is 40.0 Å². The minimum Gasteiger partial charge on any atom is -0.457 e. The smallest absolute Gasteiger partial charge is 0.360 e. The van der Waals surface area contributed by atoms with Crippen LogP contribution in [0.5, 0.6) is 0 Å². The lowest BCUT2D eigenvalue weighted by Gasteiger charge is -2.36. The highest BCUT2D eigenvalue weighted by molar-refractivity contribution is 5.87. The first-order chi connectivity index (χ1) is 27.8. The summed E-state index contributed by atoms with van der Waals surface area (Å²) in [6.07, 6.45) is 33.6. The van der Waals surface area contributed by atoms with Crippen LogP contribution in [0, 0.1) is 22.7 Å². The Balaban J connectivity index is 1.56. The van der Waals surface area contributed by atoms with Gasteiger partial charge in [-0.3, -0.25) is 0 Å². The summed E-state index contributed by atoms with van der Waals surface area (Å²) in [4.78, 5) is 35.3. The Morgan fingerprint density at radius 2 is 1.21 bits per heavy atom. The average molecular weight is 797 g/mol. The van der Waals surface area contributed by atoms with Crippen LogP contribution >= 0.6 is 0 Å². The van der Waals surface area contributed by atoms with E-state index < -0.39 is 47.2 Å². The summed E-state index contributed by atoms with van der Waals surface area (Å²) in [7, 11) is 0. The average Bonchev–Trinajstić information content (AvgIpc) is 3.51. The van der Waals surface area contributed by atoms with Gasteiger partial charge in [-0.1, -0.05) is 126 Å². The van der Waals surface area contributed by atoms with E-state index in [9.17, 15) is 19.8 Å². The molecular weight excluding hydrogens is 737 g/mol. The number of hydrogen-bond donors (Lipinski definition) is 4. The van der Waals surface area contributed by atoms with Crippen molar-refractivity contribution in [3.63, 3.8) is 0 Å². The molecule has 12 nitrogen and oxygen atoms in total. The number of esters is 2. The SMILES string of the molecule is C[C@@H]1/C=C/C=C\c2nc(co2)C(=O)O[C@H](C(C)(C)[C@@H](O)/C=C/CCN)C/C=C\[C@H]2C=C2/C=C/C=C\c2nc(co2)C(=O)O[C@H](C(C)(C)[C@@H](O)/C=C/CCN)C/C=C\C1. The second-order valence-corrected chi connectivity index (χ2v) is 15.7. The third-order valence-electron chi connectivity index (χ3n) is 10.2. The number of hydrogen-bond acceptors (Lipinski definition) is 12. The summed E-state index contributed by atoms with van der Waals surface area (Å²) < 4.78 is 23.1. The molecule has 0 fully saturated rings. The third-order valence-corrected chi connectivity index (χ3v) is 10.2. The van der Waals surface area contributed by atoms with E-state index in [1.807, 2.05) is 88.5 Å². The van der Waals surface area contributed by atoms with Crippen molar-refractivity contribution in [1.82, 2.24) is 9.97 Å². The van der Waals surface area contributed by atoms with E-state index in [4.69, 9.17) is 29.8 Å². The maximum Gasteiger partial charge on any atom is 0.360 e. The summed E-state index contributed by atoms with van der Waals surface area (Å²) in [6.45, 7) is 10.4. The number of fused-ring (bicyclic) bond motifs is 5. The molecule has 1 aliphatic carbocycles.